The minimum Gasteiger partial charge on any atom is -0.336 e. The highest BCUT2D eigenvalue weighted by Crippen LogP contribution is 2.25. The van der Waals surface area contributed by atoms with Crippen LogP contribution in [0.15, 0.2) is 23.1 Å². The molecule has 0 saturated heterocycles. The first kappa shape index (κ1) is 19.9. The summed E-state index contributed by atoms with van der Waals surface area (Å²) in [5.74, 6) is 0.124. The molecule has 130 valence electrons. The van der Waals surface area contributed by atoms with Gasteiger partial charge < -0.3 is 4.90 Å². The molecule has 0 heterocycles. The van der Waals surface area contributed by atoms with E-state index in [-0.39, 0.29) is 21.9 Å². The minimum atomic E-state index is -3.70. The molecule has 0 fully saturated rings. The maximum absolute atomic E-state index is 12.8. The third kappa shape index (κ3) is 4.68. The second-order valence-electron chi connectivity index (χ2n) is 6.38. The van der Waals surface area contributed by atoms with E-state index in [1.165, 1.54) is 26.2 Å². The van der Waals surface area contributed by atoms with Gasteiger partial charge in [-0.15, -0.1) is 0 Å². The monoisotopic (exact) mass is 360 g/mol. The van der Waals surface area contributed by atoms with Crippen LogP contribution in [0.4, 0.5) is 0 Å². The van der Waals surface area contributed by atoms with Crippen LogP contribution in [0.3, 0.4) is 0 Å². The maximum Gasteiger partial charge on any atom is 0.254 e. The van der Waals surface area contributed by atoms with Crippen LogP contribution in [0.1, 0.15) is 38.1 Å². The number of rotatable bonds is 6. The number of carbonyl (C=O) groups excluding carboxylic acids is 1. The Morgan fingerprint density at radius 2 is 1.74 bits per heavy atom. The Hall–Kier alpha value is -1.11. The van der Waals surface area contributed by atoms with Crippen molar-refractivity contribution in [2.45, 2.75) is 38.6 Å². The van der Waals surface area contributed by atoms with E-state index in [2.05, 4.69) is 0 Å². The average Bonchev–Trinajstić information content (AvgIpc) is 2.43. The molecule has 0 aliphatic carbocycles. The highest BCUT2D eigenvalue weighted by molar-refractivity contribution is 7.89. The average molecular weight is 361 g/mol. The van der Waals surface area contributed by atoms with E-state index in [0.717, 1.165) is 4.31 Å². The number of hydrogen-bond donors (Lipinski definition) is 0. The van der Waals surface area contributed by atoms with Gasteiger partial charge in [0.2, 0.25) is 10.0 Å². The Morgan fingerprint density at radius 1 is 1.17 bits per heavy atom. The fraction of sp³-hybridized carbons (Fsp3) is 0.562. The van der Waals surface area contributed by atoms with Crippen molar-refractivity contribution in [3.05, 3.63) is 28.8 Å². The molecule has 7 heteroatoms. The zero-order chi connectivity index (χ0) is 17.9. The molecule has 0 aromatic heterocycles. The highest BCUT2D eigenvalue weighted by atomic mass is 35.5. The van der Waals surface area contributed by atoms with Gasteiger partial charge in [0.25, 0.3) is 5.91 Å². The molecule has 1 rings (SSSR count). The lowest BCUT2D eigenvalue weighted by Gasteiger charge is -2.29. The SMILES string of the molecule is CC(C)CN(C(=O)c1ccc(Cl)c(S(=O)(=O)N(C)C)c1)C(C)C. The lowest BCUT2D eigenvalue weighted by atomic mass is 10.1. The summed E-state index contributed by atoms with van der Waals surface area (Å²) in [7, 11) is -0.842. The van der Waals surface area contributed by atoms with Gasteiger partial charge in [0.1, 0.15) is 4.90 Å². The third-order valence-corrected chi connectivity index (χ3v) is 5.68. The first-order valence-corrected chi connectivity index (χ1v) is 9.33. The summed E-state index contributed by atoms with van der Waals surface area (Å²) in [6, 6.07) is 4.40. The summed E-state index contributed by atoms with van der Waals surface area (Å²) in [4.78, 5) is 14.4. The van der Waals surface area contributed by atoms with Crippen molar-refractivity contribution in [1.82, 2.24) is 9.21 Å². The van der Waals surface area contributed by atoms with Gasteiger partial charge in [-0.3, -0.25) is 4.79 Å². The van der Waals surface area contributed by atoms with Gasteiger partial charge in [-0.2, -0.15) is 0 Å². The van der Waals surface area contributed by atoms with Crippen LogP contribution in [0.5, 0.6) is 0 Å². The van der Waals surface area contributed by atoms with Crippen LogP contribution in [0.25, 0.3) is 0 Å². The van der Waals surface area contributed by atoms with Gasteiger partial charge in [-0.1, -0.05) is 25.4 Å². The molecule has 0 radical (unpaired) electrons. The zero-order valence-electron chi connectivity index (χ0n) is 14.5. The van der Waals surface area contributed by atoms with E-state index in [1.54, 1.807) is 11.0 Å². The lowest BCUT2D eigenvalue weighted by Crippen LogP contribution is -2.39. The number of nitrogens with zero attached hydrogens (tertiary/aromatic N) is 2. The first-order chi connectivity index (χ1) is 10.5. The molecule has 0 bridgehead atoms. The normalized spacial score (nSPS) is 12.3. The molecule has 0 N–H and O–H groups in total. The molecule has 0 atom stereocenters. The predicted molar refractivity (Wildman–Crippen MR) is 93.3 cm³/mol. The van der Waals surface area contributed by atoms with Gasteiger partial charge in [0.15, 0.2) is 0 Å². The Bertz CT molecular complexity index is 670. The summed E-state index contributed by atoms with van der Waals surface area (Å²) in [6.07, 6.45) is 0. The number of sulfonamides is 1. The van der Waals surface area contributed by atoms with E-state index in [4.69, 9.17) is 11.6 Å². The van der Waals surface area contributed by atoms with Crippen LogP contribution in [0, 0.1) is 5.92 Å². The van der Waals surface area contributed by atoms with E-state index in [0.29, 0.717) is 18.0 Å². The fourth-order valence-electron chi connectivity index (χ4n) is 2.12. The molecular formula is C16H25ClN2O3S. The Morgan fingerprint density at radius 3 is 2.17 bits per heavy atom. The van der Waals surface area contributed by atoms with E-state index >= 15 is 0 Å². The van der Waals surface area contributed by atoms with E-state index in [1.807, 2.05) is 27.7 Å². The zero-order valence-corrected chi connectivity index (χ0v) is 16.1. The quantitative estimate of drug-likeness (QED) is 0.783. The van der Waals surface area contributed by atoms with E-state index in [9.17, 15) is 13.2 Å². The number of carbonyl (C=O) groups is 1. The molecule has 5 nitrogen and oxygen atoms in total. The van der Waals surface area contributed by atoms with Gasteiger partial charge in [0.05, 0.1) is 5.02 Å². The van der Waals surface area contributed by atoms with Crippen LogP contribution in [0.2, 0.25) is 5.02 Å². The first-order valence-electron chi connectivity index (χ1n) is 7.51. The summed E-state index contributed by atoms with van der Waals surface area (Å²) in [5.41, 5.74) is 0.323. The van der Waals surface area contributed by atoms with Gasteiger partial charge in [-0.05, 0) is 38.0 Å². The standard InChI is InChI=1S/C16H25ClN2O3S/c1-11(2)10-19(12(3)4)16(20)13-7-8-14(17)15(9-13)23(21,22)18(5)6/h7-9,11-12H,10H2,1-6H3. The molecule has 1 aromatic carbocycles. The Kier molecular flexibility index (Phi) is 6.62. The summed E-state index contributed by atoms with van der Waals surface area (Å²) >= 11 is 6.03. The van der Waals surface area contributed by atoms with Gasteiger partial charge >= 0.3 is 0 Å². The smallest absolute Gasteiger partial charge is 0.254 e. The maximum atomic E-state index is 12.8. The van der Waals surface area contributed by atoms with Crippen molar-refractivity contribution in [3.63, 3.8) is 0 Å². The molecule has 0 spiro atoms. The lowest BCUT2D eigenvalue weighted by molar-refractivity contribution is 0.0681. The molecule has 1 aromatic rings. The summed E-state index contributed by atoms with van der Waals surface area (Å²) < 4.78 is 25.7. The Balaban J connectivity index is 3.32. The number of hydrogen-bond acceptors (Lipinski definition) is 3. The molecular weight excluding hydrogens is 336 g/mol. The third-order valence-electron chi connectivity index (χ3n) is 3.38. The molecule has 0 saturated carbocycles. The molecule has 1 amide bonds. The molecule has 23 heavy (non-hydrogen) atoms. The van der Waals surface area contributed by atoms with Crippen molar-refractivity contribution in [2.75, 3.05) is 20.6 Å². The second kappa shape index (κ2) is 7.64. The van der Waals surface area contributed by atoms with Crippen LogP contribution < -0.4 is 0 Å². The van der Waals surface area contributed by atoms with Crippen molar-refractivity contribution in [3.8, 4) is 0 Å². The largest absolute Gasteiger partial charge is 0.336 e. The second-order valence-corrected chi connectivity index (χ2v) is 8.91. The minimum absolute atomic E-state index is 0.0227. The van der Waals surface area contributed by atoms with E-state index < -0.39 is 10.0 Å². The van der Waals surface area contributed by atoms with Crippen molar-refractivity contribution >= 4 is 27.5 Å². The van der Waals surface area contributed by atoms with Crippen LogP contribution in [-0.4, -0.2) is 50.2 Å². The van der Waals surface area contributed by atoms with Crippen molar-refractivity contribution < 1.29 is 13.2 Å². The summed E-state index contributed by atoms with van der Waals surface area (Å²) in [5, 5.41) is 0.107. The van der Waals surface area contributed by atoms with Crippen molar-refractivity contribution in [2.24, 2.45) is 5.92 Å². The molecule has 0 aliphatic heterocycles. The fourth-order valence-corrected chi connectivity index (χ4v) is 3.51. The number of benzene rings is 1. The molecule has 0 aliphatic rings. The van der Waals surface area contributed by atoms with Crippen LogP contribution in [-0.2, 0) is 10.0 Å². The number of amides is 1. The predicted octanol–water partition coefficient (Wildman–Crippen LogP) is 3.10. The highest BCUT2D eigenvalue weighted by Gasteiger charge is 2.25. The number of halogens is 1. The summed E-state index contributed by atoms with van der Waals surface area (Å²) in [6.45, 7) is 8.55. The molecule has 0 unspecified atom stereocenters. The van der Waals surface area contributed by atoms with Gasteiger partial charge in [-0.25, -0.2) is 12.7 Å². The topological polar surface area (TPSA) is 57.7 Å². The van der Waals surface area contributed by atoms with Gasteiger partial charge in [0, 0.05) is 32.2 Å². The van der Waals surface area contributed by atoms with Crippen LogP contribution >= 0.6 is 11.6 Å². The van der Waals surface area contributed by atoms with Crippen molar-refractivity contribution in [1.29, 1.82) is 0 Å². The Labute approximate surface area is 144 Å².